The van der Waals surface area contributed by atoms with Crippen molar-refractivity contribution in [3.05, 3.63) is 82.9 Å². The van der Waals surface area contributed by atoms with Gasteiger partial charge in [-0.15, -0.1) is 0 Å². The molecule has 6 nitrogen and oxygen atoms in total. The molecule has 4 aromatic rings. The highest BCUT2D eigenvalue weighted by molar-refractivity contribution is 6.30. The molecular formula is C31H29ClN4O2. The standard InChI is InChI=1S/C31H29ClN4O2/c32-24-6-1-22(2-7-24)29(37)33-25-8-3-21(4-9-25)28-34-26-10-5-23(14-27(26)35-28)30(38)36-31-15-18-11-19(16-31)13-20(12-18)17-31/h1-10,14,18-20H,11-13,15-17H2,(H,33,37)(H,34,35)(H,36,38). The number of aromatic nitrogens is 2. The first-order valence-corrected chi connectivity index (χ1v) is 13.8. The molecule has 2 amide bonds. The van der Waals surface area contributed by atoms with Gasteiger partial charge in [-0.3, -0.25) is 9.59 Å². The van der Waals surface area contributed by atoms with Crippen molar-refractivity contribution in [1.82, 2.24) is 15.3 Å². The Morgan fingerprint density at radius 3 is 2.11 bits per heavy atom. The van der Waals surface area contributed by atoms with E-state index >= 15 is 0 Å². The Balaban J connectivity index is 1.06. The van der Waals surface area contributed by atoms with Crippen molar-refractivity contribution in [3.8, 4) is 11.4 Å². The topological polar surface area (TPSA) is 86.9 Å². The number of halogens is 1. The van der Waals surface area contributed by atoms with E-state index in [9.17, 15) is 9.59 Å². The molecule has 4 aliphatic rings. The number of fused-ring (bicyclic) bond motifs is 1. The number of nitrogens with zero attached hydrogens (tertiary/aromatic N) is 1. The van der Waals surface area contributed by atoms with E-state index in [-0.39, 0.29) is 17.4 Å². The molecule has 0 spiro atoms. The molecule has 0 unspecified atom stereocenters. The molecule has 3 aromatic carbocycles. The quantitative estimate of drug-likeness (QED) is 0.267. The normalized spacial score (nSPS) is 25.4. The maximum atomic E-state index is 13.3. The minimum atomic E-state index is -0.197. The summed E-state index contributed by atoms with van der Waals surface area (Å²) in [6, 6.07) is 20.0. The van der Waals surface area contributed by atoms with Crippen LogP contribution in [0.5, 0.6) is 0 Å². The molecule has 8 rings (SSSR count). The first-order valence-electron chi connectivity index (χ1n) is 13.4. The van der Waals surface area contributed by atoms with Crippen LogP contribution in [0.25, 0.3) is 22.4 Å². The summed E-state index contributed by atoms with van der Waals surface area (Å²) >= 11 is 5.91. The van der Waals surface area contributed by atoms with Gasteiger partial charge in [0.05, 0.1) is 11.0 Å². The molecule has 0 atom stereocenters. The lowest BCUT2D eigenvalue weighted by Crippen LogP contribution is -2.59. The van der Waals surface area contributed by atoms with Crippen LogP contribution in [-0.4, -0.2) is 27.3 Å². The third kappa shape index (κ3) is 4.37. The molecule has 4 saturated carbocycles. The molecule has 0 radical (unpaired) electrons. The lowest BCUT2D eigenvalue weighted by Gasteiger charge is -2.56. The molecular weight excluding hydrogens is 496 g/mol. The molecule has 38 heavy (non-hydrogen) atoms. The fourth-order valence-corrected chi connectivity index (χ4v) is 7.51. The number of anilines is 1. The molecule has 192 valence electrons. The molecule has 1 heterocycles. The highest BCUT2D eigenvalue weighted by Crippen LogP contribution is 2.55. The number of amides is 2. The summed E-state index contributed by atoms with van der Waals surface area (Å²) < 4.78 is 0. The largest absolute Gasteiger partial charge is 0.347 e. The Hall–Kier alpha value is -3.64. The highest BCUT2D eigenvalue weighted by atomic mass is 35.5. The zero-order valence-corrected chi connectivity index (χ0v) is 21.7. The summed E-state index contributed by atoms with van der Waals surface area (Å²) in [6.07, 6.45) is 7.47. The minimum Gasteiger partial charge on any atom is -0.347 e. The second-order valence-electron chi connectivity index (χ2n) is 11.5. The minimum absolute atomic E-state index is 0.00927. The van der Waals surface area contributed by atoms with E-state index in [4.69, 9.17) is 16.6 Å². The molecule has 0 aliphatic heterocycles. The molecule has 4 aliphatic carbocycles. The van der Waals surface area contributed by atoms with E-state index in [2.05, 4.69) is 15.6 Å². The maximum absolute atomic E-state index is 13.3. The Labute approximate surface area is 226 Å². The number of carbonyl (C=O) groups is 2. The predicted molar refractivity (Wildman–Crippen MR) is 149 cm³/mol. The van der Waals surface area contributed by atoms with Gasteiger partial charge in [-0.25, -0.2) is 4.98 Å². The van der Waals surface area contributed by atoms with Crippen molar-refractivity contribution in [3.63, 3.8) is 0 Å². The van der Waals surface area contributed by atoms with Gasteiger partial charge in [0, 0.05) is 32.9 Å². The number of imidazole rings is 1. The van der Waals surface area contributed by atoms with E-state index in [1.54, 1.807) is 24.3 Å². The number of nitrogens with one attached hydrogen (secondary N) is 3. The van der Waals surface area contributed by atoms with Gasteiger partial charge in [0.25, 0.3) is 11.8 Å². The summed E-state index contributed by atoms with van der Waals surface area (Å²) in [4.78, 5) is 33.9. The van der Waals surface area contributed by atoms with E-state index < -0.39 is 0 Å². The Morgan fingerprint density at radius 2 is 1.45 bits per heavy atom. The lowest BCUT2D eigenvalue weighted by atomic mass is 9.53. The number of aromatic amines is 1. The van der Waals surface area contributed by atoms with Gasteiger partial charge in [-0.2, -0.15) is 0 Å². The summed E-state index contributed by atoms with van der Waals surface area (Å²) in [5, 5.41) is 6.96. The van der Waals surface area contributed by atoms with Crippen molar-refractivity contribution >= 4 is 40.1 Å². The molecule has 4 fully saturated rings. The zero-order chi connectivity index (χ0) is 25.9. The summed E-state index contributed by atoms with van der Waals surface area (Å²) in [5.74, 6) is 2.90. The van der Waals surface area contributed by atoms with Crippen molar-refractivity contribution in [1.29, 1.82) is 0 Å². The highest BCUT2D eigenvalue weighted by Gasteiger charge is 2.51. The van der Waals surface area contributed by atoms with Crippen molar-refractivity contribution in [2.45, 2.75) is 44.1 Å². The van der Waals surface area contributed by atoms with Crippen molar-refractivity contribution < 1.29 is 9.59 Å². The van der Waals surface area contributed by atoms with Gasteiger partial charge in [0.1, 0.15) is 5.82 Å². The first kappa shape index (κ1) is 23.5. The molecule has 1 aromatic heterocycles. The van der Waals surface area contributed by atoms with Gasteiger partial charge in [0.2, 0.25) is 0 Å². The average molecular weight is 525 g/mol. The monoisotopic (exact) mass is 524 g/mol. The van der Waals surface area contributed by atoms with E-state index in [0.717, 1.165) is 53.6 Å². The summed E-state index contributed by atoms with van der Waals surface area (Å²) in [7, 11) is 0. The smallest absolute Gasteiger partial charge is 0.255 e. The van der Waals surface area contributed by atoms with E-state index in [1.165, 1.54) is 19.3 Å². The fourth-order valence-electron chi connectivity index (χ4n) is 7.38. The van der Waals surface area contributed by atoms with Crippen LogP contribution in [0.4, 0.5) is 5.69 Å². The predicted octanol–water partition coefficient (Wildman–Crippen LogP) is 6.83. The van der Waals surface area contributed by atoms with Gasteiger partial charge >= 0.3 is 0 Å². The Kier molecular flexibility index (Phi) is 5.55. The first-order chi connectivity index (χ1) is 18.4. The molecule has 3 N–H and O–H groups in total. The van der Waals surface area contributed by atoms with Gasteiger partial charge in [-0.1, -0.05) is 11.6 Å². The van der Waals surface area contributed by atoms with Crippen LogP contribution in [0.3, 0.4) is 0 Å². The van der Waals surface area contributed by atoms with Gasteiger partial charge in [-0.05, 0) is 123 Å². The van der Waals surface area contributed by atoms with Crippen molar-refractivity contribution in [2.75, 3.05) is 5.32 Å². The Morgan fingerprint density at radius 1 is 0.816 bits per heavy atom. The van der Waals surface area contributed by atoms with Crippen molar-refractivity contribution in [2.24, 2.45) is 17.8 Å². The third-order valence-corrected chi connectivity index (χ3v) is 8.94. The van der Waals surface area contributed by atoms with Crippen LogP contribution in [0, 0.1) is 17.8 Å². The number of rotatable bonds is 5. The van der Waals surface area contributed by atoms with Crippen LogP contribution in [0.15, 0.2) is 66.7 Å². The van der Waals surface area contributed by atoms with Crippen LogP contribution in [0.1, 0.15) is 59.2 Å². The zero-order valence-electron chi connectivity index (χ0n) is 21.0. The number of benzene rings is 3. The maximum Gasteiger partial charge on any atom is 0.255 e. The number of hydrogen-bond acceptors (Lipinski definition) is 3. The fraction of sp³-hybridized carbons (Fsp3) is 0.323. The van der Waals surface area contributed by atoms with Crippen LogP contribution >= 0.6 is 11.6 Å². The van der Waals surface area contributed by atoms with Gasteiger partial charge in [0.15, 0.2) is 0 Å². The van der Waals surface area contributed by atoms with E-state index in [1.807, 2.05) is 42.5 Å². The second kappa shape index (κ2) is 8.98. The third-order valence-electron chi connectivity index (χ3n) is 8.68. The molecule has 7 heteroatoms. The second-order valence-corrected chi connectivity index (χ2v) is 11.9. The molecule has 4 bridgehead atoms. The van der Waals surface area contributed by atoms with Crippen LogP contribution in [0.2, 0.25) is 5.02 Å². The van der Waals surface area contributed by atoms with Crippen LogP contribution < -0.4 is 10.6 Å². The SMILES string of the molecule is O=C(Nc1ccc(-c2nc3ccc(C(=O)NC45CC6CC(CC(C6)C4)C5)cc3[nH]2)cc1)c1ccc(Cl)cc1. The van der Waals surface area contributed by atoms with Crippen LogP contribution in [-0.2, 0) is 0 Å². The molecule has 0 saturated heterocycles. The summed E-state index contributed by atoms with van der Waals surface area (Å²) in [5.41, 5.74) is 4.43. The van der Waals surface area contributed by atoms with E-state index in [0.29, 0.717) is 27.7 Å². The summed E-state index contributed by atoms with van der Waals surface area (Å²) in [6.45, 7) is 0. The Bertz CT molecular complexity index is 1510. The lowest BCUT2D eigenvalue weighted by molar-refractivity contribution is -0.0167. The van der Waals surface area contributed by atoms with Gasteiger partial charge < -0.3 is 15.6 Å². The number of hydrogen-bond donors (Lipinski definition) is 3. The average Bonchev–Trinajstić information content (AvgIpc) is 3.32. The number of H-pyrrole nitrogens is 1. The number of carbonyl (C=O) groups excluding carboxylic acids is 2.